The van der Waals surface area contributed by atoms with Gasteiger partial charge in [0.05, 0.1) is 0 Å². The third-order valence-electron chi connectivity index (χ3n) is 3.90. The molecule has 0 radical (unpaired) electrons. The first kappa shape index (κ1) is 12.4. The summed E-state index contributed by atoms with van der Waals surface area (Å²) in [4.78, 5) is 4.04. The van der Waals surface area contributed by atoms with Crippen LogP contribution in [-0.4, -0.2) is 16.7 Å². The van der Waals surface area contributed by atoms with E-state index in [1.807, 2.05) is 0 Å². The van der Waals surface area contributed by atoms with Gasteiger partial charge in [-0.25, -0.2) is 0 Å². The van der Waals surface area contributed by atoms with Crippen molar-refractivity contribution in [3.63, 3.8) is 0 Å². The lowest BCUT2D eigenvalue weighted by Crippen LogP contribution is -2.32. The van der Waals surface area contributed by atoms with Gasteiger partial charge in [0.25, 0.3) is 0 Å². The van der Waals surface area contributed by atoms with E-state index in [1.165, 1.54) is 17.5 Å². The van der Waals surface area contributed by atoms with Gasteiger partial charge in [-0.05, 0) is 23.0 Å². The van der Waals surface area contributed by atoms with Crippen LogP contribution in [0.4, 0.5) is 0 Å². The van der Waals surface area contributed by atoms with Gasteiger partial charge in [-0.15, -0.1) is 0 Å². The second-order valence-electron chi connectivity index (χ2n) is 5.85. The van der Waals surface area contributed by atoms with Crippen LogP contribution < -0.4 is 5.32 Å². The molecule has 0 fully saturated rings. The lowest BCUT2D eigenvalue weighted by Gasteiger charge is -2.28. The minimum absolute atomic E-state index is 0.251. The molecule has 0 saturated carbocycles. The van der Waals surface area contributed by atoms with Gasteiger partial charge in [-0.1, -0.05) is 43.3 Å². The van der Waals surface area contributed by atoms with Gasteiger partial charge in [0, 0.05) is 19.0 Å². The Balaban J connectivity index is 1.69. The number of fused-ring (bicyclic) bond motifs is 1. The normalized spacial score (nSPS) is 20.4. The van der Waals surface area contributed by atoms with Gasteiger partial charge in [-0.2, -0.15) is 4.98 Å². The minimum Gasteiger partial charge on any atom is -0.343 e. The monoisotopic (exact) mass is 257 g/mol. The lowest BCUT2D eigenvalue weighted by atomic mass is 9.85. The molecule has 0 spiro atoms. The standard InChI is InChI=1S/C15H19N3O/c1-15(2)9-11-5-3-4-6-12(11)14(15)16-8-7-13-17-10-19-18-13/h3-6,10,14,16H,7-9H2,1-2H3. The topological polar surface area (TPSA) is 51.0 Å². The summed E-state index contributed by atoms with van der Waals surface area (Å²) in [6.07, 6.45) is 3.30. The summed E-state index contributed by atoms with van der Waals surface area (Å²) in [6.45, 7) is 5.50. The molecule has 1 aliphatic rings. The fourth-order valence-corrected chi connectivity index (χ4v) is 3.01. The number of hydrogen-bond donors (Lipinski definition) is 1. The Hall–Kier alpha value is -1.68. The van der Waals surface area contributed by atoms with Crippen LogP contribution in [0.2, 0.25) is 0 Å². The molecule has 4 nitrogen and oxygen atoms in total. The molecule has 0 bridgehead atoms. The van der Waals surface area contributed by atoms with Crippen molar-refractivity contribution in [2.45, 2.75) is 32.7 Å². The molecule has 4 heteroatoms. The summed E-state index contributed by atoms with van der Waals surface area (Å²) in [5.74, 6) is 0.761. The Morgan fingerprint density at radius 1 is 1.37 bits per heavy atom. The van der Waals surface area contributed by atoms with Gasteiger partial charge in [0.1, 0.15) is 0 Å². The van der Waals surface area contributed by atoms with Crippen molar-refractivity contribution < 1.29 is 4.52 Å². The summed E-state index contributed by atoms with van der Waals surface area (Å²) >= 11 is 0. The summed E-state index contributed by atoms with van der Waals surface area (Å²) < 4.78 is 4.75. The van der Waals surface area contributed by atoms with E-state index in [9.17, 15) is 0 Å². The molecule has 1 unspecified atom stereocenters. The number of nitrogens with zero attached hydrogens (tertiary/aromatic N) is 2. The molecule has 1 aromatic heterocycles. The second-order valence-corrected chi connectivity index (χ2v) is 5.85. The summed E-state index contributed by atoms with van der Waals surface area (Å²) in [5.41, 5.74) is 3.14. The second kappa shape index (κ2) is 4.78. The van der Waals surface area contributed by atoms with E-state index in [0.717, 1.165) is 25.2 Å². The first-order valence-electron chi connectivity index (χ1n) is 6.73. The van der Waals surface area contributed by atoms with Crippen molar-refractivity contribution >= 4 is 0 Å². The fraction of sp³-hybridized carbons (Fsp3) is 0.467. The molecule has 1 aliphatic carbocycles. The highest BCUT2D eigenvalue weighted by Crippen LogP contribution is 2.44. The molecule has 1 aromatic carbocycles. The predicted octanol–water partition coefficient (Wildman–Crippen LogP) is 2.53. The van der Waals surface area contributed by atoms with Crippen LogP contribution in [0.1, 0.15) is 36.8 Å². The maximum Gasteiger partial charge on any atom is 0.213 e. The third kappa shape index (κ3) is 2.40. The van der Waals surface area contributed by atoms with E-state index in [2.05, 4.69) is 53.6 Å². The maximum atomic E-state index is 4.75. The summed E-state index contributed by atoms with van der Waals surface area (Å²) in [5, 5.41) is 7.48. The summed E-state index contributed by atoms with van der Waals surface area (Å²) in [6, 6.07) is 9.11. The molecule has 0 amide bonds. The van der Waals surface area contributed by atoms with E-state index in [-0.39, 0.29) is 5.41 Å². The Morgan fingerprint density at radius 3 is 3.00 bits per heavy atom. The van der Waals surface area contributed by atoms with Crippen LogP contribution in [0, 0.1) is 5.41 Å². The number of hydrogen-bond acceptors (Lipinski definition) is 4. The lowest BCUT2D eigenvalue weighted by molar-refractivity contribution is 0.270. The minimum atomic E-state index is 0.251. The number of rotatable bonds is 4. The van der Waals surface area contributed by atoms with E-state index < -0.39 is 0 Å². The van der Waals surface area contributed by atoms with Crippen molar-refractivity contribution in [3.8, 4) is 0 Å². The molecule has 0 aliphatic heterocycles. The zero-order valence-corrected chi connectivity index (χ0v) is 11.4. The van der Waals surface area contributed by atoms with Gasteiger partial charge in [0.2, 0.25) is 6.39 Å². The SMILES string of the molecule is CC1(C)Cc2ccccc2C1NCCc1ncon1. The average Bonchev–Trinajstić information content (AvgIpc) is 2.96. The van der Waals surface area contributed by atoms with Crippen LogP contribution in [0.3, 0.4) is 0 Å². The highest BCUT2D eigenvalue weighted by atomic mass is 16.5. The van der Waals surface area contributed by atoms with Crippen LogP contribution in [0.25, 0.3) is 0 Å². The largest absolute Gasteiger partial charge is 0.343 e. The van der Waals surface area contributed by atoms with Crippen LogP contribution in [-0.2, 0) is 12.8 Å². The van der Waals surface area contributed by atoms with E-state index in [1.54, 1.807) is 0 Å². The van der Waals surface area contributed by atoms with Crippen molar-refractivity contribution in [1.82, 2.24) is 15.5 Å². The van der Waals surface area contributed by atoms with Gasteiger partial charge < -0.3 is 9.84 Å². The summed E-state index contributed by atoms with van der Waals surface area (Å²) in [7, 11) is 0. The third-order valence-corrected chi connectivity index (χ3v) is 3.90. The first-order valence-corrected chi connectivity index (χ1v) is 6.73. The quantitative estimate of drug-likeness (QED) is 0.914. The highest BCUT2D eigenvalue weighted by molar-refractivity contribution is 5.37. The zero-order valence-electron chi connectivity index (χ0n) is 11.4. The van der Waals surface area contributed by atoms with Gasteiger partial charge in [0.15, 0.2) is 5.82 Å². The molecule has 1 N–H and O–H groups in total. The average molecular weight is 257 g/mol. The van der Waals surface area contributed by atoms with E-state index >= 15 is 0 Å². The van der Waals surface area contributed by atoms with Gasteiger partial charge in [-0.3, -0.25) is 0 Å². The number of benzene rings is 1. The Labute approximate surface area is 113 Å². The Bertz CT molecular complexity index is 548. The molecule has 0 saturated heterocycles. The van der Waals surface area contributed by atoms with Crippen LogP contribution in [0.15, 0.2) is 35.2 Å². The van der Waals surface area contributed by atoms with Crippen molar-refractivity contribution in [1.29, 1.82) is 0 Å². The Kier molecular flexibility index (Phi) is 3.11. The zero-order chi connectivity index (χ0) is 13.3. The molecule has 100 valence electrons. The van der Waals surface area contributed by atoms with E-state index in [0.29, 0.717) is 6.04 Å². The molecule has 1 heterocycles. The smallest absolute Gasteiger partial charge is 0.213 e. The molecular formula is C15H19N3O. The molecule has 3 rings (SSSR count). The molecule has 1 atom stereocenters. The molecular weight excluding hydrogens is 238 g/mol. The van der Waals surface area contributed by atoms with Crippen LogP contribution in [0.5, 0.6) is 0 Å². The number of nitrogens with one attached hydrogen (secondary N) is 1. The molecule has 19 heavy (non-hydrogen) atoms. The predicted molar refractivity (Wildman–Crippen MR) is 72.7 cm³/mol. The van der Waals surface area contributed by atoms with Crippen molar-refractivity contribution in [2.24, 2.45) is 5.41 Å². The van der Waals surface area contributed by atoms with Crippen molar-refractivity contribution in [3.05, 3.63) is 47.6 Å². The maximum absolute atomic E-state index is 4.75. The van der Waals surface area contributed by atoms with E-state index in [4.69, 9.17) is 4.52 Å². The van der Waals surface area contributed by atoms with Gasteiger partial charge >= 0.3 is 0 Å². The molecule has 2 aromatic rings. The number of aromatic nitrogens is 2. The Morgan fingerprint density at radius 2 is 2.21 bits per heavy atom. The van der Waals surface area contributed by atoms with Crippen LogP contribution >= 0.6 is 0 Å². The highest BCUT2D eigenvalue weighted by Gasteiger charge is 2.38. The van der Waals surface area contributed by atoms with Crippen molar-refractivity contribution in [2.75, 3.05) is 6.54 Å². The first-order chi connectivity index (χ1) is 9.17. The fourth-order valence-electron chi connectivity index (χ4n) is 3.01.